The smallest absolute Gasteiger partial charge is 0.110 e. The highest BCUT2D eigenvalue weighted by molar-refractivity contribution is 5.81. The van der Waals surface area contributed by atoms with E-state index in [1.807, 2.05) is 0 Å². The minimum atomic E-state index is -0.396. The molecule has 4 saturated carbocycles. The fraction of sp³-hybridized carbons (Fsp3) is 0.938. The summed E-state index contributed by atoms with van der Waals surface area (Å²) in [6, 6.07) is 0. The quantitative estimate of drug-likeness (QED) is 0.544. The zero-order valence-electron chi connectivity index (χ0n) is 12.3. The van der Waals surface area contributed by atoms with Gasteiger partial charge in [0.15, 0.2) is 0 Å². The Balaban J connectivity index is 1.42. The van der Waals surface area contributed by atoms with E-state index in [0.29, 0.717) is 6.54 Å². The van der Waals surface area contributed by atoms with Crippen LogP contribution in [-0.2, 0) is 0 Å². The molecule has 4 aliphatic carbocycles. The van der Waals surface area contributed by atoms with Gasteiger partial charge in [0.1, 0.15) is 5.84 Å². The Labute approximate surface area is 121 Å². The zero-order valence-corrected chi connectivity index (χ0v) is 12.3. The second kappa shape index (κ2) is 4.44. The standard InChI is InChI=1S/C16H27N3O/c17-14(19-3-1-2-4-19)10-18-15-6-12-5-13(7-15)9-16(20,8-12)11-15/h12-13,17-18,20H,1-11H2. The Bertz CT molecular complexity index is 402. The second-order valence-corrected chi connectivity index (χ2v) is 7.96. The van der Waals surface area contributed by atoms with Gasteiger partial charge in [-0.25, -0.2) is 0 Å². The molecule has 1 aliphatic heterocycles. The Morgan fingerprint density at radius 2 is 1.80 bits per heavy atom. The van der Waals surface area contributed by atoms with E-state index in [4.69, 9.17) is 5.41 Å². The number of aliphatic hydroxyl groups is 1. The van der Waals surface area contributed by atoms with Crippen LogP contribution in [0.2, 0.25) is 0 Å². The lowest BCUT2D eigenvalue weighted by molar-refractivity contribution is -0.141. The van der Waals surface area contributed by atoms with E-state index in [2.05, 4.69) is 10.2 Å². The van der Waals surface area contributed by atoms with Crippen LogP contribution in [0.15, 0.2) is 0 Å². The Morgan fingerprint density at radius 3 is 2.40 bits per heavy atom. The van der Waals surface area contributed by atoms with E-state index >= 15 is 0 Å². The first-order valence-corrected chi connectivity index (χ1v) is 8.36. The van der Waals surface area contributed by atoms with Crippen LogP contribution >= 0.6 is 0 Å². The maximum Gasteiger partial charge on any atom is 0.110 e. The third-order valence-electron chi connectivity index (χ3n) is 6.15. The van der Waals surface area contributed by atoms with Crippen molar-refractivity contribution in [2.45, 2.75) is 62.5 Å². The van der Waals surface area contributed by atoms with Gasteiger partial charge in [-0.15, -0.1) is 0 Å². The van der Waals surface area contributed by atoms with Gasteiger partial charge in [0.05, 0.1) is 12.1 Å². The summed E-state index contributed by atoms with van der Waals surface area (Å²) >= 11 is 0. The molecule has 1 saturated heterocycles. The molecule has 0 spiro atoms. The summed E-state index contributed by atoms with van der Waals surface area (Å²) in [4.78, 5) is 2.21. The molecule has 20 heavy (non-hydrogen) atoms. The van der Waals surface area contributed by atoms with Crippen LogP contribution in [-0.4, -0.2) is 46.6 Å². The van der Waals surface area contributed by atoms with Crippen molar-refractivity contribution in [3.63, 3.8) is 0 Å². The normalized spacial score (nSPS) is 46.1. The van der Waals surface area contributed by atoms with E-state index in [1.165, 1.54) is 32.1 Å². The van der Waals surface area contributed by atoms with Crippen LogP contribution < -0.4 is 5.32 Å². The first-order chi connectivity index (χ1) is 9.56. The van der Waals surface area contributed by atoms with Crippen molar-refractivity contribution in [3.05, 3.63) is 0 Å². The first kappa shape index (κ1) is 13.1. The molecule has 3 N–H and O–H groups in total. The van der Waals surface area contributed by atoms with Crippen LogP contribution in [0.5, 0.6) is 0 Å². The van der Waals surface area contributed by atoms with Gasteiger partial charge >= 0.3 is 0 Å². The highest BCUT2D eigenvalue weighted by atomic mass is 16.3. The monoisotopic (exact) mass is 277 g/mol. The molecule has 4 bridgehead atoms. The van der Waals surface area contributed by atoms with E-state index in [1.54, 1.807) is 0 Å². The molecular weight excluding hydrogens is 250 g/mol. The Morgan fingerprint density at radius 1 is 1.15 bits per heavy atom. The van der Waals surface area contributed by atoms with Crippen LogP contribution in [0, 0.1) is 17.2 Å². The van der Waals surface area contributed by atoms with Crippen LogP contribution in [0.3, 0.4) is 0 Å². The molecular formula is C16H27N3O. The van der Waals surface area contributed by atoms with Gasteiger partial charge in [0.25, 0.3) is 0 Å². The number of likely N-dealkylation sites (tertiary alicyclic amines) is 1. The van der Waals surface area contributed by atoms with Crippen molar-refractivity contribution >= 4 is 5.84 Å². The summed E-state index contributed by atoms with van der Waals surface area (Å²) in [7, 11) is 0. The average Bonchev–Trinajstić information content (AvgIpc) is 2.86. The number of nitrogens with one attached hydrogen (secondary N) is 2. The number of hydrogen-bond acceptors (Lipinski definition) is 3. The fourth-order valence-corrected chi connectivity index (χ4v) is 5.79. The minimum absolute atomic E-state index is 0.130. The average molecular weight is 277 g/mol. The molecule has 4 nitrogen and oxygen atoms in total. The molecule has 0 aromatic heterocycles. The van der Waals surface area contributed by atoms with Gasteiger partial charge in [-0.3, -0.25) is 5.41 Å². The molecule has 0 amide bonds. The fourth-order valence-electron chi connectivity index (χ4n) is 5.79. The molecule has 2 unspecified atom stereocenters. The molecule has 5 fully saturated rings. The maximum atomic E-state index is 10.7. The van der Waals surface area contributed by atoms with Crippen molar-refractivity contribution in [3.8, 4) is 0 Å². The summed E-state index contributed by atoms with van der Waals surface area (Å²) in [5.41, 5.74) is -0.266. The van der Waals surface area contributed by atoms with Gasteiger partial charge in [-0.1, -0.05) is 0 Å². The molecule has 5 aliphatic rings. The van der Waals surface area contributed by atoms with Crippen molar-refractivity contribution in [1.82, 2.24) is 10.2 Å². The van der Waals surface area contributed by atoms with Crippen molar-refractivity contribution < 1.29 is 5.11 Å². The number of hydrogen-bond donors (Lipinski definition) is 3. The molecule has 1 heterocycles. The SMILES string of the molecule is N=C(CNC12CC3CC(CC(O)(C3)C1)C2)N1CCCC1. The summed E-state index contributed by atoms with van der Waals surface area (Å²) < 4.78 is 0. The van der Waals surface area contributed by atoms with E-state index < -0.39 is 5.60 Å². The highest BCUT2D eigenvalue weighted by Crippen LogP contribution is 2.57. The van der Waals surface area contributed by atoms with Gasteiger partial charge in [0, 0.05) is 18.6 Å². The summed E-state index contributed by atoms with van der Waals surface area (Å²) in [6.07, 6.45) is 9.20. The van der Waals surface area contributed by atoms with Crippen molar-refractivity contribution in [2.75, 3.05) is 19.6 Å². The summed E-state index contributed by atoms with van der Waals surface area (Å²) in [6.45, 7) is 2.81. The predicted octanol–water partition coefficient (Wildman–Crippen LogP) is 1.73. The van der Waals surface area contributed by atoms with Gasteiger partial charge in [0.2, 0.25) is 0 Å². The largest absolute Gasteiger partial charge is 0.390 e. The number of nitrogens with zero attached hydrogens (tertiary/aromatic N) is 1. The summed E-state index contributed by atoms with van der Waals surface area (Å²) in [5.74, 6) is 2.19. The van der Waals surface area contributed by atoms with Crippen LogP contribution in [0.1, 0.15) is 51.4 Å². The Hall–Kier alpha value is -0.610. The molecule has 2 atom stereocenters. The van der Waals surface area contributed by atoms with E-state index in [-0.39, 0.29) is 5.54 Å². The van der Waals surface area contributed by atoms with Gasteiger partial charge in [-0.2, -0.15) is 0 Å². The van der Waals surface area contributed by atoms with Crippen LogP contribution in [0.4, 0.5) is 0 Å². The number of rotatable bonds is 3. The van der Waals surface area contributed by atoms with E-state index in [9.17, 15) is 5.11 Å². The maximum absolute atomic E-state index is 10.7. The second-order valence-electron chi connectivity index (χ2n) is 7.96. The molecule has 112 valence electrons. The highest BCUT2D eigenvalue weighted by Gasteiger charge is 2.56. The summed E-state index contributed by atoms with van der Waals surface area (Å²) in [5, 5.41) is 22.7. The molecule has 5 rings (SSSR count). The molecule has 0 radical (unpaired) electrons. The zero-order chi connectivity index (χ0) is 13.8. The molecule has 4 heteroatoms. The lowest BCUT2D eigenvalue weighted by Gasteiger charge is -2.60. The van der Waals surface area contributed by atoms with Crippen LogP contribution in [0.25, 0.3) is 0 Å². The third kappa shape index (κ3) is 2.17. The first-order valence-electron chi connectivity index (χ1n) is 8.36. The predicted molar refractivity (Wildman–Crippen MR) is 78.9 cm³/mol. The topological polar surface area (TPSA) is 59.4 Å². The molecule has 0 aromatic carbocycles. The molecule has 0 aromatic rings. The van der Waals surface area contributed by atoms with Crippen molar-refractivity contribution in [1.29, 1.82) is 5.41 Å². The van der Waals surface area contributed by atoms with E-state index in [0.717, 1.165) is 50.0 Å². The third-order valence-corrected chi connectivity index (χ3v) is 6.15. The number of amidine groups is 1. The van der Waals surface area contributed by atoms with Gasteiger partial charge < -0.3 is 15.3 Å². The lowest BCUT2D eigenvalue weighted by atomic mass is 9.51. The Kier molecular flexibility index (Phi) is 2.90. The minimum Gasteiger partial charge on any atom is -0.390 e. The lowest BCUT2D eigenvalue weighted by Crippen LogP contribution is -2.65. The van der Waals surface area contributed by atoms with Crippen molar-refractivity contribution in [2.24, 2.45) is 11.8 Å². The van der Waals surface area contributed by atoms with Gasteiger partial charge in [-0.05, 0) is 63.2 Å².